The normalized spacial score (nSPS) is 16.6. The van der Waals surface area contributed by atoms with Crippen molar-refractivity contribution in [2.24, 2.45) is 0 Å². The van der Waals surface area contributed by atoms with Gasteiger partial charge in [-0.3, -0.25) is 0 Å². The standard InChI is InChI=1S/C14H18N2O/c1-2-11-10-12-13(15-11)4-3-5-14(12)16-6-8-17-9-7-16/h3-5,10,15H,2,6-9H2,1H3. The molecule has 0 amide bonds. The minimum atomic E-state index is 0.835. The topological polar surface area (TPSA) is 28.3 Å². The second-order valence-electron chi connectivity index (χ2n) is 4.49. The molecule has 0 spiro atoms. The molecule has 0 aliphatic carbocycles. The molecule has 3 rings (SSSR count). The lowest BCUT2D eigenvalue weighted by Gasteiger charge is -2.29. The fourth-order valence-electron chi connectivity index (χ4n) is 2.47. The molecule has 1 aromatic carbocycles. The fraction of sp³-hybridized carbons (Fsp3) is 0.429. The number of hydrogen-bond donors (Lipinski definition) is 1. The molecule has 1 fully saturated rings. The fourth-order valence-corrected chi connectivity index (χ4v) is 2.47. The van der Waals surface area contributed by atoms with Crippen LogP contribution in [-0.4, -0.2) is 31.3 Å². The second kappa shape index (κ2) is 4.41. The number of nitrogens with one attached hydrogen (secondary N) is 1. The Balaban J connectivity index is 2.05. The van der Waals surface area contributed by atoms with Crippen molar-refractivity contribution in [3.8, 4) is 0 Å². The van der Waals surface area contributed by atoms with Gasteiger partial charge in [-0.2, -0.15) is 0 Å². The van der Waals surface area contributed by atoms with Gasteiger partial charge in [0.2, 0.25) is 0 Å². The summed E-state index contributed by atoms with van der Waals surface area (Å²) in [5.41, 5.74) is 3.88. The van der Waals surface area contributed by atoms with Crippen LogP contribution in [0.2, 0.25) is 0 Å². The molecule has 1 aromatic heterocycles. The van der Waals surface area contributed by atoms with Gasteiger partial charge in [0.15, 0.2) is 0 Å². The number of anilines is 1. The first-order chi connectivity index (χ1) is 8.38. The molecule has 1 aliphatic heterocycles. The van der Waals surface area contributed by atoms with E-state index >= 15 is 0 Å². The third kappa shape index (κ3) is 1.91. The van der Waals surface area contributed by atoms with Crippen LogP contribution in [0.25, 0.3) is 10.9 Å². The van der Waals surface area contributed by atoms with Crippen molar-refractivity contribution in [1.29, 1.82) is 0 Å². The Morgan fingerprint density at radius 2 is 2.12 bits per heavy atom. The van der Waals surface area contributed by atoms with Crippen LogP contribution in [0.15, 0.2) is 24.3 Å². The van der Waals surface area contributed by atoms with Gasteiger partial charge < -0.3 is 14.6 Å². The van der Waals surface area contributed by atoms with Gasteiger partial charge >= 0.3 is 0 Å². The Bertz CT molecular complexity index is 512. The number of fused-ring (bicyclic) bond motifs is 1. The zero-order valence-corrected chi connectivity index (χ0v) is 10.2. The number of rotatable bonds is 2. The first kappa shape index (κ1) is 10.7. The van der Waals surface area contributed by atoms with Crippen LogP contribution in [0.5, 0.6) is 0 Å². The highest BCUT2D eigenvalue weighted by atomic mass is 16.5. The summed E-state index contributed by atoms with van der Waals surface area (Å²) in [6.07, 6.45) is 1.05. The molecule has 1 aliphatic rings. The van der Waals surface area contributed by atoms with Crippen molar-refractivity contribution in [2.45, 2.75) is 13.3 Å². The molecule has 2 aromatic rings. The number of aryl methyl sites for hydroxylation is 1. The Labute approximate surface area is 101 Å². The quantitative estimate of drug-likeness (QED) is 0.858. The average Bonchev–Trinajstić information content (AvgIpc) is 2.82. The maximum absolute atomic E-state index is 5.41. The van der Waals surface area contributed by atoms with Gasteiger partial charge in [0.1, 0.15) is 0 Å². The molecule has 0 saturated carbocycles. The van der Waals surface area contributed by atoms with E-state index in [4.69, 9.17) is 4.74 Å². The third-order valence-corrected chi connectivity index (χ3v) is 3.43. The van der Waals surface area contributed by atoms with E-state index in [0.717, 1.165) is 32.7 Å². The van der Waals surface area contributed by atoms with E-state index in [-0.39, 0.29) is 0 Å². The Morgan fingerprint density at radius 1 is 1.29 bits per heavy atom. The predicted octanol–water partition coefficient (Wildman–Crippen LogP) is 2.57. The predicted molar refractivity (Wildman–Crippen MR) is 70.7 cm³/mol. The van der Waals surface area contributed by atoms with Gasteiger partial charge in [0.05, 0.1) is 13.2 Å². The highest BCUT2D eigenvalue weighted by Gasteiger charge is 2.14. The summed E-state index contributed by atoms with van der Waals surface area (Å²) in [6.45, 7) is 5.83. The van der Waals surface area contributed by atoms with Gasteiger partial charge in [0.25, 0.3) is 0 Å². The monoisotopic (exact) mass is 230 g/mol. The number of H-pyrrole nitrogens is 1. The lowest BCUT2D eigenvalue weighted by molar-refractivity contribution is 0.123. The van der Waals surface area contributed by atoms with E-state index in [1.807, 2.05) is 0 Å². The van der Waals surface area contributed by atoms with Crippen molar-refractivity contribution in [3.63, 3.8) is 0 Å². The largest absolute Gasteiger partial charge is 0.378 e. The average molecular weight is 230 g/mol. The summed E-state index contributed by atoms with van der Waals surface area (Å²) in [5.74, 6) is 0. The molecular weight excluding hydrogens is 212 g/mol. The molecule has 1 N–H and O–H groups in total. The minimum absolute atomic E-state index is 0.835. The number of hydrogen-bond acceptors (Lipinski definition) is 2. The Kier molecular flexibility index (Phi) is 2.77. The summed E-state index contributed by atoms with van der Waals surface area (Å²) in [5, 5.41) is 1.34. The Hall–Kier alpha value is -1.48. The number of ether oxygens (including phenoxy) is 1. The van der Waals surface area contributed by atoms with Crippen LogP contribution in [-0.2, 0) is 11.2 Å². The molecule has 0 radical (unpaired) electrons. The van der Waals surface area contributed by atoms with Crippen molar-refractivity contribution >= 4 is 16.6 Å². The number of nitrogens with zero attached hydrogens (tertiary/aromatic N) is 1. The van der Waals surface area contributed by atoms with E-state index in [1.54, 1.807) is 0 Å². The van der Waals surface area contributed by atoms with Crippen molar-refractivity contribution in [3.05, 3.63) is 30.0 Å². The van der Waals surface area contributed by atoms with Crippen LogP contribution in [0.4, 0.5) is 5.69 Å². The SMILES string of the molecule is CCc1cc2c(N3CCOCC3)cccc2[nH]1. The molecular formula is C14H18N2O. The molecule has 2 heterocycles. The maximum atomic E-state index is 5.41. The van der Waals surface area contributed by atoms with E-state index in [1.165, 1.54) is 22.3 Å². The van der Waals surface area contributed by atoms with Crippen LogP contribution in [0, 0.1) is 0 Å². The smallest absolute Gasteiger partial charge is 0.0642 e. The molecule has 3 nitrogen and oxygen atoms in total. The minimum Gasteiger partial charge on any atom is -0.378 e. The zero-order valence-electron chi connectivity index (χ0n) is 10.2. The van der Waals surface area contributed by atoms with Crippen LogP contribution in [0.1, 0.15) is 12.6 Å². The van der Waals surface area contributed by atoms with Crippen molar-refractivity contribution in [2.75, 3.05) is 31.2 Å². The second-order valence-corrected chi connectivity index (χ2v) is 4.49. The highest BCUT2D eigenvalue weighted by molar-refractivity contribution is 5.93. The van der Waals surface area contributed by atoms with Gasteiger partial charge in [-0.05, 0) is 24.6 Å². The number of morpholine rings is 1. The summed E-state index contributed by atoms with van der Waals surface area (Å²) in [7, 11) is 0. The van der Waals surface area contributed by atoms with Crippen LogP contribution in [0.3, 0.4) is 0 Å². The molecule has 0 bridgehead atoms. The van der Waals surface area contributed by atoms with E-state index in [0.29, 0.717) is 0 Å². The molecule has 17 heavy (non-hydrogen) atoms. The summed E-state index contributed by atoms with van der Waals surface area (Å²) >= 11 is 0. The van der Waals surface area contributed by atoms with Crippen LogP contribution < -0.4 is 4.90 Å². The molecule has 3 heteroatoms. The lowest BCUT2D eigenvalue weighted by atomic mass is 10.2. The lowest BCUT2D eigenvalue weighted by Crippen LogP contribution is -2.36. The van der Waals surface area contributed by atoms with Gasteiger partial charge in [0, 0.05) is 35.4 Å². The molecule has 0 unspecified atom stereocenters. The van der Waals surface area contributed by atoms with Gasteiger partial charge in [-0.25, -0.2) is 0 Å². The number of benzene rings is 1. The third-order valence-electron chi connectivity index (χ3n) is 3.43. The first-order valence-electron chi connectivity index (χ1n) is 6.32. The van der Waals surface area contributed by atoms with Crippen molar-refractivity contribution < 1.29 is 4.74 Å². The van der Waals surface area contributed by atoms with Crippen molar-refractivity contribution in [1.82, 2.24) is 4.98 Å². The van der Waals surface area contributed by atoms with E-state index in [2.05, 4.69) is 41.1 Å². The highest BCUT2D eigenvalue weighted by Crippen LogP contribution is 2.28. The maximum Gasteiger partial charge on any atom is 0.0642 e. The molecule has 0 atom stereocenters. The van der Waals surface area contributed by atoms with E-state index in [9.17, 15) is 0 Å². The van der Waals surface area contributed by atoms with Crippen LogP contribution >= 0.6 is 0 Å². The first-order valence-corrected chi connectivity index (χ1v) is 6.32. The summed E-state index contributed by atoms with van der Waals surface area (Å²) in [4.78, 5) is 5.88. The van der Waals surface area contributed by atoms with E-state index < -0.39 is 0 Å². The van der Waals surface area contributed by atoms with Gasteiger partial charge in [-0.1, -0.05) is 13.0 Å². The summed E-state index contributed by atoms with van der Waals surface area (Å²) < 4.78 is 5.41. The molecule has 1 saturated heterocycles. The zero-order chi connectivity index (χ0) is 11.7. The van der Waals surface area contributed by atoms with Gasteiger partial charge in [-0.15, -0.1) is 0 Å². The Morgan fingerprint density at radius 3 is 2.88 bits per heavy atom. The number of aromatic nitrogens is 1. The number of aromatic amines is 1. The summed E-state index contributed by atoms with van der Waals surface area (Å²) in [6, 6.07) is 8.77. The molecule has 90 valence electrons.